The van der Waals surface area contributed by atoms with Crippen molar-refractivity contribution in [3.63, 3.8) is 0 Å². The second-order valence-corrected chi connectivity index (χ2v) is 5.37. The van der Waals surface area contributed by atoms with Gasteiger partial charge in [-0.25, -0.2) is 0 Å². The topological polar surface area (TPSA) is 50.4 Å². The zero-order valence-corrected chi connectivity index (χ0v) is 10.8. The Morgan fingerprint density at radius 3 is 2.76 bits per heavy atom. The van der Waals surface area contributed by atoms with Crippen LogP contribution in [0.15, 0.2) is 0 Å². The molecule has 1 aliphatic heterocycles. The third-order valence-corrected chi connectivity index (χ3v) is 4.30. The fourth-order valence-corrected chi connectivity index (χ4v) is 3.44. The Morgan fingerprint density at radius 1 is 1.29 bits per heavy atom. The average molecular weight is 261 g/mol. The van der Waals surface area contributed by atoms with Crippen LogP contribution in [0.5, 0.6) is 0 Å². The van der Waals surface area contributed by atoms with E-state index in [2.05, 4.69) is 10.6 Å². The smallest absolute Gasteiger partial charge is 0.239 e. The number of hydrogen-bond donors (Lipinski definition) is 2. The predicted octanol–water partition coefficient (Wildman–Crippen LogP) is 0.701. The second kappa shape index (κ2) is 5.55. The molecule has 1 saturated heterocycles. The van der Waals surface area contributed by atoms with Crippen LogP contribution >= 0.6 is 12.4 Å². The molecule has 4 nitrogen and oxygen atoms in total. The van der Waals surface area contributed by atoms with Gasteiger partial charge in [0.15, 0.2) is 0 Å². The average Bonchev–Trinajstić information content (AvgIpc) is 2.92. The summed E-state index contributed by atoms with van der Waals surface area (Å²) in [6, 6.07) is 0.308. The van der Waals surface area contributed by atoms with Crippen LogP contribution in [0, 0.1) is 11.8 Å². The maximum absolute atomic E-state index is 12.0. The molecule has 5 heteroatoms. The Kier molecular flexibility index (Phi) is 4.28. The normalized spacial score (nSPS) is 39.8. The molecule has 0 aromatic heterocycles. The van der Waals surface area contributed by atoms with Gasteiger partial charge in [0.05, 0.1) is 13.2 Å². The fourth-order valence-electron chi connectivity index (χ4n) is 3.44. The zero-order valence-electron chi connectivity index (χ0n) is 9.98. The summed E-state index contributed by atoms with van der Waals surface area (Å²) in [6.07, 6.45) is 5.22. The fraction of sp³-hybridized carbons (Fsp3) is 0.917. The van der Waals surface area contributed by atoms with E-state index in [-0.39, 0.29) is 24.4 Å². The second-order valence-electron chi connectivity index (χ2n) is 5.37. The van der Waals surface area contributed by atoms with E-state index in [1.807, 2.05) is 0 Å². The quantitative estimate of drug-likeness (QED) is 0.769. The lowest BCUT2D eigenvalue weighted by Crippen LogP contribution is -2.54. The monoisotopic (exact) mass is 260 g/mol. The number of rotatable bonds is 2. The number of carbonyl (C=O) groups excluding carboxylic acids is 1. The first-order chi connectivity index (χ1) is 7.83. The summed E-state index contributed by atoms with van der Waals surface area (Å²) in [5, 5.41) is 6.40. The number of fused-ring (bicyclic) bond motifs is 2. The minimum Gasteiger partial charge on any atom is -0.378 e. The predicted molar refractivity (Wildman–Crippen MR) is 67.2 cm³/mol. The van der Waals surface area contributed by atoms with E-state index >= 15 is 0 Å². The van der Waals surface area contributed by atoms with Crippen LogP contribution in [0.25, 0.3) is 0 Å². The van der Waals surface area contributed by atoms with Gasteiger partial charge in [0.2, 0.25) is 5.91 Å². The molecule has 3 rings (SSSR count). The molecule has 0 aromatic carbocycles. The van der Waals surface area contributed by atoms with Crippen molar-refractivity contribution in [2.75, 3.05) is 19.8 Å². The first-order valence-corrected chi connectivity index (χ1v) is 6.44. The number of hydrogen-bond acceptors (Lipinski definition) is 3. The Hall–Kier alpha value is -0.320. The van der Waals surface area contributed by atoms with Gasteiger partial charge in [-0.05, 0) is 31.1 Å². The molecule has 2 N–H and O–H groups in total. The molecule has 3 aliphatic rings. The molecule has 17 heavy (non-hydrogen) atoms. The molecule has 1 amide bonds. The van der Waals surface area contributed by atoms with E-state index in [0.717, 1.165) is 25.0 Å². The van der Waals surface area contributed by atoms with E-state index < -0.39 is 0 Å². The molecule has 0 radical (unpaired) electrons. The van der Waals surface area contributed by atoms with Crippen molar-refractivity contribution >= 4 is 18.3 Å². The van der Waals surface area contributed by atoms with Crippen molar-refractivity contribution in [3.8, 4) is 0 Å². The molecule has 1 heterocycles. The SMILES string of the molecule is Cl.O=C(NC1CC2CCC1C2)C1COCCN1. The van der Waals surface area contributed by atoms with E-state index in [9.17, 15) is 4.79 Å². The highest BCUT2D eigenvalue weighted by molar-refractivity contribution is 5.85. The summed E-state index contributed by atoms with van der Waals surface area (Å²) < 4.78 is 5.31. The van der Waals surface area contributed by atoms with Crippen molar-refractivity contribution in [2.24, 2.45) is 11.8 Å². The zero-order chi connectivity index (χ0) is 11.0. The molecular formula is C12H21ClN2O2. The number of carbonyl (C=O) groups is 1. The molecule has 2 bridgehead atoms. The number of ether oxygens (including phenoxy) is 1. The first-order valence-electron chi connectivity index (χ1n) is 6.44. The highest BCUT2D eigenvalue weighted by atomic mass is 35.5. The van der Waals surface area contributed by atoms with Gasteiger partial charge in [0.25, 0.3) is 0 Å². The first kappa shape index (κ1) is 13.1. The Balaban J connectivity index is 0.00000108. The standard InChI is InChI=1S/C12H20N2O2.ClH/c15-12(11-7-16-4-3-13-11)14-10-6-8-1-2-9(10)5-8;/h8-11,13H,1-7H2,(H,14,15);1H. The number of nitrogens with one attached hydrogen (secondary N) is 2. The van der Waals surface area contributed by atoms with E-state index in [1.54, 1.807) is 0 Å². The van der Waals surface area contributed by atoms with Gasteiger partial charge >= 0.3 is 0 Å². The third-order valence-electron chi connectivity index (χ3n) is 4.30. The van der Waals surface area contributed by atoms with Crippen LogP contribution < -0.4 is 10.6 Å². The highest BCUT2D eigenvalue weighted by Gasteiger charge is 2.40. The third kappa shape index (κ3) is 2.75. The van der Waals surface area contributed by atoms with E-state index in [0.29, 0.717) is 12.6 Å². The maximum atomic E-state index is 12.0. The summed E-state index contributed by atoms with van der Waals surface area (Å²) in [6.45, 7) is 2.03. The number of halogens is 1. The molecule has 2 saturated carbocycles. The van der Waals surface area contributed by atoms with Gasteiger partial charge in [0, 0.05) is 12.6 Å². The van der Waals surface area contributed by atoms with Crippen LogP contribution in [0.3, 0.4) is 0 Å². The van der Waals surface area contributed by atoms with Gasteiger partial charge < -0.3 is 15.4 Å². The molecule has 98 valence electrons. The Labute approximate surface area is 108 Å². The lowest BCUT2D eigenvalue weighted by molar-refractivity contribution is -0.127. The summed E-state index contributed by atoms with van der Waals surface area (Å²) in [4.78, 5) is 12.0. The number of morpholine rings is 1. The van der Waals surface area contributed by atoms with Crippen LogP contribution in [0.1, 0.15) is 25.7 Å². The van der Waals surface area contributed by atoms with E-state index in [1.165, 1.54) is 25.7 Å². The Morgan fingerprint density at radius 2 is 2.18 bits per heavy atom. The van der Waals surface area contributed by atoms with Gasteiger partial charge in [0.1, 0.15) is 6.04 Å². The van der Waals surface area contributed by atoms with Crippen LogP contribution in [0.2, 0.25) is 0 Å². The van der Waals surface area contributed by atoms with Gasteiger partial charge in [-0.3, -0.25) is 4.79 Å². The Bertz CT molecular complexity index is 282. The van der Waals surface area contributed by atoms with Crippen LogP contribution in [0.4, 0.5) is 0 Å². The van der Waals surface area contributed by atoms with Crippen LogP contribution in [-0.4, -0.2) is 37.7 Å². The lowest BCUT2D eigenvalue weighted by atomic mass is 9.95. The van der Waals surface area contributed by atoms with Crippen molar-refractivity contribution in [1.29, 1.82) is 0 Å². The summed E-state index contributed by atoms with van der Waals surface area (Å²) in [5.41, 5.74) is 0. The van der Waals surface area contributed by atoms with Gasteiger partial charge in [-0.1, -0.05) is 6.42 Å². The van der Waals surface area contributed by atoms with Crippen molar-refractivity contribution in [1.82, 2.24) is 10.6 Å². The summed E-state index contributed by atoms with van der Waals surface area (Å²) in [5.74, 6) is 1.77. The van der Waals surface area contributed by atoms with Gasteiger partial charge in [-0.15, -0.1) is 12.4 Å². The molecule has 0 spiro atoms. The van der Waals surface area contributed by atoms with Crippen molar-refractivity contribution in [2.45, 2.75) is 37.8 Å². The molecule has 4 atom stereocenters. The summed E-state index contributed by atoms with van der Waals surface area (Å²) >= 11 is 0. The minimum atomic E-state index is -0.132. The summed E-state index contributed by atoms with van der Waals surface area (Å²) in [7, 11) is 0. The molecule has 3 fully saturated rings. The van der Waals surface area contributed by atoms with E-state index in [4.69, 9.17) is 4.74 Å². The maximum Gasteiger partial charge on any atom is 0.239 e. The largest absolute Gasteiger partial charge is 0.378 e. The van der Waals surface area contributed by atoms with Crippen molar-refractivity contribution in [3.05, 3.63) is 0 Å². The van der Waals surface area contributed by atoms with Gasteiger partial charge in [-0.2, -0.15) is 0 Å². The minimum absolute atomic E-state index is 0. The van der Waals surface area contributed by atoms with Crippen molar-refractivity contribution < 1.29 is 9.53 Å². The molecule has 0 aromatic rings. The lowest BCUT2D eigenvalue weighted by Gasteiger charge is -2.28. The molecule has 2 aliphatic carbocycles. The number of amides is 1. The molecule has 4 unspecified atom stereocenters. The van der Waals surface area contributed by atoms with Crippen LogP contribution in [-0.2, 0) is 9.53 Å². The molecular weight excluding hydrogens is 240 g/mol. The highest BCUT2D eigenvalue weighted by Crippen LogP contribution is 2.44.